The van der Waals surface area contributed by atoms with Crippen LogP contribution < -0.4 is 24.8 Å². The fourth-order valence-corrected chi connectivity index (χ4v) is 3.21. The number of aryl methyl sites for hydroxylation is 1. The molecule has 1 aromatic heterocycles. The van der Waals surface area contributed by atoms with Crippen LogP contribution in [0.4, 0.5) is 0 Å². The van der Waals surface area contributed by atoms with E-state index in [9.17, 15) is 0 Å². The van der Waals surface area contributed by atoms with E-state index >= 15 is 0 Å². The molecule has 0 amide bonds. The van der Waals surface area contributed by atoms with E-state index in [0.717, 1.165) is 0 Å². The SMILES string of the molecule is Cn1c2ccccc2c2[cH-]c3ccccc3c21.[Cl-].[Cl-].[Zr+4].c1cc[cH-]c1. The standard InChI is InChI=1S/C16H12N.C5H5.2ClH.Zr/c1-17-15-9-5-4-8-13(15)14-10-11-6-2-3-7-12(11)16(14)17;1-2-4-5-3-1;;;/h2-10H,1H3;1-5H;2*1H;/q2*-1;;;+4/p-2. The third-order valence-corrected chi connectivity index (χ3v) is 4.22. The van der Waals surface area contributed by atoms with Gasteiger partial charge in [0, 0.05) is 12.6 Å². The van der Waals surface area contributed by atoms with Crippen molar-refractivity contribution in [3.63, 3.8) is 0 Å². The number of fused-ring (bicyclic) bond motifs is 5. The molecule has 4 aromatic carbocycles. The van der Waals surface area contributed by atoms with Crippen molar-refractivity contribution in [2.24, 2.45) is 7.05 Å². The molecule has 0 aliphatic heterocycles. The van der Waals surface area contributed by atoms with Gasteiger partial charge in [0.25, 0.3) is 0 Å². The molecule has 0 N–H and O–H groups in total. The van der Waals surface area contributed by atoms with E-state index < -0.39 is 0 Å². The summed E-state index contributed by atoms with van der Waals surface area (Å²) in [4.78, 5) is 0. The number of para-hydroxylation sites is 1. The molecular weight excluding hydrogens is 428 g/mol. The molecule has 0 saturated carbocycles. The van der Waals surface area contributed by atoms with Crippen molar-refractivity contribution in [1.82, 2.24) is 4.57 Å². The van der Waals surface area contributed by atoms with Gasteiger partial charge in [-0.2, -0.15) is 18.2 Å². The van der Waals surface area contributed by atoms with Crippen LogP contribution in [-0.2, 0) is 33.3 Å². The predicted molar refractivity (Wildman–Crippen MR) is 95.6 cm³/mol. The number of halogens is 2. The molecule has 1 heterocycles. The Labute approximate surface area is 179 Å². The topological polar surface area (TPSA) is 4.93 Å². The van der Waals surface area contributed by atoms with Crippen molar-refractivity contribution in [1.29, 1.82) is 0 Å². The summed E-state index contributed by atoms with van der Waals surface area (Å²) in [7, 11) is 2.15. The Bertz CT molecular complexity index is 1020. The molecule has 0 saturated heterocycles. The fourth-order valence-electron chi connectivity index (χ4n) is 3.21. The third kappa shape index (κ3) is 3.92. The molecule has 0 bridgehead atoms. The first-order valence-corrected chi connectivity index (χ1v) is 7.54. The molecule has 0 atom stereocenters. The van der Waals surface area contributed by atoms with Gasteiger partial charge in [0.2, 0.25) is 0 Å². The van der Waals surface area contributed by atoms with E-state index in [0.29, 0.717) is 0 Å². The molecule has 5 aromatic rings. The van der Waals surface area contributed by atoms with Crippen molar-refractivity contribution in [3.8, 4) is 0 Å². The van der Waals surface area contributed by atoms with Crippen LogP contribution in [0, 0.1) is 0 Å². The second kappa shape index (κ2) is 9.39. The number of benzene rings is 2. The van der Waals surface area contributed by atoms with E-state index in [4.69, 9.17) is 0 Å². The average molecular weight is 446 g/mol. The molecule has 0 unspecified atom stereocenters. The van der Waals surface area contributed by atoms with Gasteiger partial charge in [0.05, 0.1) is 0 Å². The van der Waals surface area contributed by atoms with Gasteiger partial charge in [0.1, 0.15) is 0 Å². The van der Waals surface area contributed by atoms with E-state index in [1.807, 2.05) is 30.3 Å². The molecular formula is C21H17Cl2NZr. The van der Waals surface area contributed by atoms with Gasteiger partial charge in [0.15, 0.2) is 0 Å². The van der Waals surface area contributed by atoms with Crippen molar-refractivity contribution in [2.75, 3.05) is 0 Å². The molecule has 1 nitrogen and oxygen atoms in total. The summed E-state index contributed by atoms with van der Waals surface area (Å²) in [6.07, 6.45) is 0. The molecule has 4 heteroatoms. The Kier molecular flexibility index (Phi) is 8.15. The number of hydrogen-bond acceptors (Lipinski definition) is 0. The molecule has 25 heavy (non-hydrogen) atoms. The Morgan fingerprint density at radius 1 is 0.760 bits per heavy atom. The van der Waals surface area contributed by atoms with Crippen LogP contribution in [0.15, 0.2) is 84.9 Å². The van der Waals surface area contributed by atoms with Crippen molar-refractivity contribution >= 4 is 32.6 Å². The largest absolute Gasteiger partial charge is 4.00 e. The number of aromatic nitrogens is 1. The van der Waals surface area contributed by atoms with Gasteiger partial charge >= 0.3 is 26.2 Å². The Balaban J connectivity index is 0.000000344. The Hall–Kier alpha value is -1.34. The molecule has 0 aliphatic rings. The zero-order valence-electron chi connectivity index (χ0n) is 13.8. The summed E-state index contributed by atoms with van der Waals surface area (Å²) in [6.45, 7) is 0. The van der Waals surface area contributed by atoms with Crippen LogP contribution in [0.2, 0.25) is 0 Å². The Morgan fingerprint density at radius 2 is 1.36 bits per heavy atom. The normalized spacial score (nSPS) is 9.64. The first-order chi connectivity index (χ1) is 10.9. The van der Waals surface area contributed by atoms with Crippen molar-refractivity contribution in [2.45, 2.75) is 0 Å². The third-order valence-electron chi connectivity index (χ3n) is 4.22. The van der Waals surface area contributed by atoms with Crippen molar-refractivity contribution in [3.05, 3.63) is 84.9 Å². The predicted octanol–water partition coefficient (Wildman–Crippen LogP) is -0.385. The molecule has 0 radical (unpaired) electrons. The summed E-state index contributed by atoms with van der Waals surface area (Å²) in [6, 6.07) is 29.5. The van der Waals surface area contributed by atoms with E-state index in [-0.39, 0.29) is 51.0 Å². The minimum atomic E-state index is 0. The quantitative estimate of drug-likeness (QED) is 0.287. The van der Waals surface area contributed by atoms with Gasteiger partial charge in [-0.25, -0.2) is 12.1 Å². The number of rotatable bonds is 0. The number of nitrogens with zero attached hydrogens (tertiary/aromatic N) is 1. The minimum Gasteiger partial charge on any atom is -1.00 e. The zero-order chi connectivity index (χ0) is 14.9. The first-order valence-electron chi connectivity index (χ1n) is 7.54. The zero-order valence-corrected chi connectivity index (χ0v) is 17.8. The van der Waals surface area contributed by atoms with Crippen LogP contribution in [0.1, 0.15) is 0 Å². The molecule has 124 valence electrons. The van der Waals surface area contributed by atoms with Gasteiger partial charge < -0.3 is 29.4 Å². The summed E-state index contributed by atoms with van der Waals surface area (Å²) in [5.41, 5.74) is 2.66. The van der Waals surface area contributed by atoms with Crippen LogP contribution in [0.5, 0.6) is 0 Å². The van der Waals surface area contributed by atoms with Crippen LogP contribution in [0.3, 0.4) is 0 Å². The minimum absolute atomic E-state index is 0. The van der Waals surface area contributed by atoms with Gasteiger partial charge in [-0.05, 0) is 11.6 Å². The summed E-state index contributed by atoms with van der Waals surface area (Å²) >= 11 is 0. The summed E-state index contributed by atoms with van der Waals surface area (Å²) < 4.78 is 2.30. The van der Waals surface area contributed by atoms with Gasteiger partial charge in [-0.3, -0.25) is 0 Å². The van der Waals surface area contributed by atoms with Gasteiger partial charge in [-0.1, -0.05) is 52.6 Å². The summed E-state index contributed by atoms with van der Waals surface area (Å²) in [5, 5.41) is 5.39. The second-order valence-corrected chi connectivity index (χ2v) is 5.53. The van der Waals surface area contributed by atoms with Gasteiger partial charge in [-0.15, -0.1) is 17.5 Å². The second-order valence-electron chi connectivity index (χ2n) is 5.53. The molecule has 0 aliphatic carbocycles. The van der Waals surface area contributed by atoms with E-state index in [1.54, 1.807) is 0 Å². The van der Waals surface area contributed by atoms with Crippen LogP contribution in [0.25, 0.3) is 32.6 Å². The summed E-state index contributed by atoms with van der Waals surface area (Å²) in [5.74, 6) is 0. The van der Waals surface area contributed by atoms with Crippen molar-refractivity contribution < 1.29 is 51.0 Å². The monoisotopic (exact) mass is 443 g/mol. The number of hydrogen-bond donors (Lipinski definition) is 0. The maximum Gasteiger partial charge on any atom is 4.00 e. The molecule has 0 spiro atoms. The maximum absolute atomic E-state index is 2.30. The smallest absolute Gasteiger partial charge is 1.00 e. The van der Waals surface area contributed by atoms with E-state index in [2.05, 4.69) is 66.2 Å². The Morgan fingerprint density at radius 3 is 2.00 bits per heavy atom. The maximum atomic E-state index is 2.30. The van der Waals surface area contributed by atoms with Crippen LogP contribution in [-0.4, -0.2) is 4.57 Å². The fraction of sp³-hybridized carbons (Fsp3) is 0.0476. The van der Waals surface area contributed by atoms with Crippen LogP contribution >= 0.6 is 0 Å². The first kappa shape index (κ1) is 21.7. The average Bonchev–Trinajstić information content (AvgIpc) is 3.28. The molecule has 0 fully saturated rings. The molecule has 5 rings (SSSR count). The van der Waals surface area contributed by atoms with E-state index in [1.165, 1.54) is 32.6 Å².